The monoisotopic (exact) mass is 211 g/mol. The van der Waals surface area contributed by atoms with Gasteiger partial charge in [-0.2, -0.15) is 0 Å². The first kappa shape index (κ1) is 11.6. The molecule has 1 aromatic rings. The third-order valence-corrected chi connectivity index (χ3v) is 2.38. The van der Waals surface area contributed by atoms with Gasteiger partial charge in [-0.05, 0) is 19.1 Å². The Hall–Kier alpha value is -1.46. The van der Waals surface area contributed by atoms with E-state index in [-0.39, 0.29) is 5.69 Å². The van der Waals surface area contributed by atoms with Crippen molar-refractivity contribution < 1.29 is 14.4 Å². The molecule has 0 atom stereocenters. The lowest BCUT2D eigenvalue weighted by molar-refractivity contribution is -0.384. The minimum atomic E-state index is -0.866. The third-order valence-electron chi connectivity index (χ3n) is 2.38. The molecule has 0 spiro atoms. The number of ether oxygens (including phenoxy) is 2. The van der Waals surface area contributed by atoms with Crippen molar-refractivity contribution in [1.29, 1.82) is 0 Å². The summed E-state index contributed by atoms with van der Waals surface area (Å²) in [6, 6.07) is 6.08. The topological polar surface area (TPSA) is 61.6 Å². The molecule has 0 bridgehead atoms. The number of nitrogens with zero attached hydrogens (tertiary/aromatic N) is 1. The van der Waals surface area contributed by atoms with E-state index in [1.165, 1.54) is 26.4 Å². The summed E-state index contributed by atoms with van der Waals surface area (Å²) in [6.07, 6.45) is 0. The second-order valence-corrected chi connectivity index (χ2v) is 3.16. The maximum Gasteiger partial charge on any atom is 0.269 e. The molecule has 0 aliphatic heterocycles. The Morgan fingerprint density at radius 3 is 2.00 bits per heavy atom. The van der Waals surface area contributed by atoms with E-state index in [2.05, 4.69) is 0 Å². The van der Waals surface area contributed by atoms with E-state index >= 15 is 0 Å². The van der Waals surface area contributed by atoms with Crippen LogP contribution in [0.4, 0.5) is 5.69 Å². The lowest BCUT2D eigenvalue weighted by Gasteiger charge is -2.26. The highest BCUT2D eigenvalue weighted by Crippen LogP contribution is 2.26. The van der Waals surface area contributed by atoms with Crippen LogP contribution in [0.5, 0.6) is 0 Å². The fourth-order valence-corrected chi connectivity index (χ4v) is 1.20. The first-order chi connectivity index (χ1) is 7.03. The van der Waals surface area contributed by atoms with Crippen LogP contribution in [0.1, 0.15) is 12.5 Å². The molecule has 82 valence electrons. The number of benzene rings is 1. The van der Waals surface area contributed by atoms with Gasteiger partial charge in [0, 0.05) is 31.9 Å². The molecular weight excluding hydrogens is 198 g/mol. The van der Waals surface area contributed by atoms with E-state index in [4.69, 9.17) is 9.47 Å². The van der Waals surface area contributed by atoms with Crippen LogP contribution in [0.2, 0.25) is 0 Å². The van der Waals surface area contributed by atoms with E-state index in [0.29, 0.717) is 0 Å². The molecule has 0 amide bonds. The van der Waals surface area contributed by atoms with Crippen LogP contribution < -0.4 is 0 Å². The summed E-state index contributed by atoms with van der Waals surface area (Å²) in [6.45, 7) is 1.74. The summed E-state index contributed by atoms with van der Waals surface area (Å²) in [5, 5.41) is 10.4. The molecule has 0 heterocycles. The molecule has 0 radical (unpaired) electrons. The Morgan fingerprint density at radius 2 is 1.67 bits per heavy atom. The Balaban J connectivity index is 3.02. The molecule has 15 heavy (non-hydrogen) atoms. The van der Waals surface area contributed by atoms with E-state index in [9.17, 15) is 10.1 Å². The molecule has 0 aliphatic carbocycles. The number of nitro groups is 1. The Labute approximate surface area is 87.8 Å². The van der Waals surface area contributed by atoms with Crippen molar-refractivity contribution in [2.24, 2.45) is 0 Å². The average Bonchev–Trinajstić information content (AvgIpc) is 2.28. The maximum absolute atomic E-state index is 10.4. The minimum Gasteiger partial charge on any atom is -0.349 e. The zero-order valence-electron chi connectivity index (χ0n) is 8.89. The van der Waals surface area contributed by atoms with Crippen molar-refractivity contribution in [1.82, 2.24) is 0 Å². The first-order valence-electron chi connectivity index (χ1n) is 4.38. The van der Waals surface area contributed by atoms with Gasteiger partial charge in [-0.25, -0.2) is 0 Å². The van der Waals surface area contributed by atoms with Crippen LogP contribution in [-0.2, 0) is 15.3 Å². The van der Waals surface area contributed by atoms with Gasteiger partial charge in [0.1, 0.15) is 0 Å². The Kier molecular flexibility index (Phi) is 3.39. The summed E-state index contributed by atoms with van der Waals surface area (Å²) in [7, 11) is 3.04. The second kappa shape index (κ2) is 4.37. The molecule has 0 saturated carbocycles. The molecule has 5 nitrogen and oxygen atoms in total. The summed E-state index contributed by atoms with van der Waals surface area (Å²) in [5.74, 6) is -0.866. The maximum atomic E-state index is 10.4. The van der Waals surface area contributed by atoms with Crippen LogP contribution in [0.15, 0.2) is 24.3 Å². The highest BCUT2D eigenvalue weighted by molar-refractivity contribution is 5.34. The number of non-ortho nitro benzene ring substituents is 1. The van der Waals surface area contributed by atoms with Crippen LogP contribution >= 0.6 is 0 Å². The highest BCUT2D eigenvalue weighted by Gasteiger charge is 2.25. The predicted octanol–water partition coefficient (Wildman–Crippen LogP) is 2.06. The predicted molar refractivity (Wildman–Crippen MR) is 54.5 cm³/mol. The van der Waals surface area contributed by atoms with E-state index in [0.717, 1.165) is 5.56 Å². The highest BCUT2D eigenvalue weighted by atomic mass is 16.7. The quantitative estimate of drug-likeness (QED) is 0.434. The molecule has 0 saturated heterocycles. The van der Waals surface area contributed by atoms with Crippen LogP contribution in [0, 0.1) is 10.1 Å². The largest absolute Gasteiger partial charge is 0.349 e. The van der Waals surface area contributed by atoms with Crippen molar-refractivity contribution in [2.45, 2.75) is 12.7 Å². The van der Waals surface area contributed by atoms with Crippen LogP contribution in [0.3, 0.4) is 0 Å². The zero-order chi connectivity index (χ0) is 11.5. The van der Waals surface area contributed by atoms with Gasteiger partial charge in [-0.1, -0.05) is 0 Å². The molecule has 1 rings (SSSR count). The molecule has 0 fully saturated rings. The van der Waals surface area contributed by atoms with Gasteiger partial charge in [0.25, 0.3) is 5.69 Å². The Bertz CT molecular complexity index is 343. The molecular formula is C10H13NO4. The van der Waals surface area contributed by atoms with Crippen molar-refractivity contribution in [3.05, 3.63) is 39.9 Å². The average molecular weight is 211 g/mol. The molecule has 0 aliphatic rings. The van der Waals surface area contributed by atoms with E-state index < -0.39 is 10.7 Å². The summed E-state index contributed by atoms with van der Waals surface area (Å²) in [5.41, 5.74) is 0.784. The van der Waals surface area contributed by atoms with Gasteiger partial charge in [0.2, 0.25) is 0 Å². The van der Waals surface area contributed by atoms with Crippen molar-refractivity contribution in [2.75, 3.05) is 14.2 Å². The smallest absolute Gasteiger partial charge is 0.269 e. The first-order valence-corrected chi connectivity index (χ1v) is 4.38. The fourth-order valence-electron chi connectivity index (χ4n) is 1.20. The van der Waals surface area contributed by atoms with Crippen molar-refractivity contribution >= 4 is 5.69 Å². The van der Waals surface area contributed by atoms with Crippen LogP contribution in [-0.4, -0.2) is 19.1 Å². The summed E-state index contributed by atoms with van der Waals surface area (Å²) < 4.78 is 10.4. The lowest BCUT2D eigenvalue weighted by atomic mass is 10.1. The minimum absolute atomic E-state index is 0.0494. The van der Waals surface area contributed by atoms with E-state index in [1.54, 1.807) is 19.1 Å². The van der Waals surface area contributed by atoms with Gasteiger partial charge < -0.3 is 9.47 Å². The van der Waals surface area contributed by atoms with Crippen molar-refractivity contribution in [3.8, 4) is 0 Å². The SMILES string of the molecule is COC(C)(OC)c1ccc([N+](=O)[O-])cc1. The van der Waals surface area contributed by atoms with Gasteiger partial charge in [0.05, 0.1) is 4.92 Å². The van der Waals surface area contributed by atoms with E-state index in [1.807, 2.05) is 0 Å². The Morgan fingerprint density at radius 1 is 1.20 bits per heavy atom. The van der Waals surface area contributed by atoms with Gasteiger partial charge in [0.15, 0.2) is 5.79 Å². The van der Waals surface area contributed by atoms with Crippen molar-refractivity contribution in [3.63, 3.8) is 0 Å². The second-order valence-electron chi connectivity index (χ2n) is 3.16. The summed E-state index contributed by atoms with van der Waals surface area (Å²) >= 11 is 0. The van der Waals surface area contributed by atoms with Gasteiger partial charge >= 0.3 is 0 Å². The number of hydrogen-bond donors (Lipinski definition) is 0. The van der Waals surface area contributed by atoms with Gasteiger partial charge in [-0.3, -0.25) is 10.1 Å². The molecule has 0 aromatic heterocycles. The number of rotatable bonds is 4. The molecule has 0 N–H and O–H groups in total. The van der Waals surface area contributed by atoms with Gasteiger partial charge in [-0.15, -0.1) is 0 Å². The number of hydrogen-bond acceptors (Lipinski definition) is 4. The number of methoxy groups -OCH3 is 2. The summed E-state index contributed by atoms with van der Waals surface area (Å²) in [4.78, 5) is 10.0. The van der Waals surface area contributed by atoms with Crippen LogP contribution in [0.25, 0.3) is 0 Å². The standard InChI is InChI=1S/C10H13NO4/c1-10(14-2,15-3)8-4-6-9(7-5-8)11(12)13/h4-7H,1-3H3. The fraction of sp³-hybridized carbons (Fsp3) is 0.400. The third kappa shape index (κ3) is 2.31. The lowest BCUT2D eigenvalue weighted by Crippen LogP contribution is -2.26. The molecule has 0 unspecified atom stereocenters. The number of nitro benzene ring substituents is 1. The zero-order valence-corrected chi connectivity index (χ0v) is 8.89. The normalized spacial score (nSPS) is 11.4. The molecule has 1 aromatic carbocycles. The molecule has 5 heteroatoms.